The lowest BCUT2D eigenvalue weighted by Crippen LogP contribution is -2.30. The SMILES string of the molecule is COC(=O)c1cc2c(NNS(=O)(=O)c3ccc(C)cc3)c([N+](=O)[O-])cnc2cc1OC. The number of hydrogen-bond acceptors (Lipinski definition) is 9. The molecule has 2 N–H and O–H groups in total. The first-order valence-electron chi connectivity index (χ1n) is 8.76. The Labute approximate surface area is 177 Å². The molecule has 0 radical (unpaired) electrons. The molecule has 0 amide bonds. The van der Waals surface area contributed by atoms with Crippen LogP contribution in [0.25, 0.3) is 10.9 Å². The van der Waals surface area contributed by atoms with Crippen LogP contribution in [0.3, 0.4) is 0 Å². The van der Waals surface area contributed by atoms with Crippen LogP contribution >= 0.6 is 0 Å². The van der Waals surface area contributed by atoms with Crippen molar-refractivity contribution < 1.29 is 27.6 Å². The van der Waals surface area contributed by atoms with Crippen molar-refractivity contribution in [1.82, 2.24) is 9.82 Å². The van der Waals surface area contributed by atoms with Crippen LogP contribution in [0.4, 0.5) is 11.4 Å². The standard InChI is InChI=1S/C19H18N4O7S/c1-11-4-6-12(7-5-11)31(27,28)22-21-18-13-8-14(19(24)30-3)17(29-2)9-15(13)20-10-16(18)23(25)26/h4-10,22H,1-3H3,(H,20,21). The van der Waals surface area contributed by atoms with Gasteiger partial charge < -0.3 is 14.9 Å². The summed E-state index contributed by atoms with van der Waals surface area (Å²) >= 11 is 0. The van der Waals surface area contributed by atoms with Gasteiger partial charge in [-0.2, -0.15) is 0 Å². The number of aromatic nitrogens is 1. The van der Waals surface area contributed by atoms with E-state index in [1.807, 2.05) is 6.92 Å². The number of esters is 1. The second-order valence-corrected chi connectivity index (χ2v) is 8.06. The van der Waals surface area contributed by atoms with Crippen molar-refractivity contribution >= 4 is 38.3 Å². The lowest BCUT2D eigenvalue weighted by Gasteiger charge is -2.14. The summed E-state index contributed by atoms with van der Waals surface area (Å²) in [7, 11) is -1.54. The first kappa shape index (κ1) is 21.9. The summed E-state index contributed by atoms with van der Waals surface area (Å²) in [6.07, 6.45) is 0.974. The number of methoxy groups -OCH3 is 2. The van der Waals surface area contributed by atoms with Gasteiger partial charge in [-0.25, -0.2) is 18.2 Å². The monoisotopic (exact) mass is 446 g/mol. The Hall–Kier alpha value is -3.77. The summed E-state index contributed by atoms with van der Waals surface area (Å²) < 4.78 is 35.1. The third-order valence-electron chi connectivity index (χ3n) is 4.41. The maximum Gasteiger partial charge on any atom is 0.341 e. The van der Waals surface area contributed by atoms with Gasteiger partial charge in [-0.15, -0.1) is 4.83 Å². The number of nitrogens with one attached hydrogen (secondary N) is 2. The van der Waals surface area contributed by atoms with Gasteiger partial charge in [-0.3, -0.25) is 10.1 Å². The highest BCUT2D eigenvalue weighted by molar-refractivity contribution is 7.89. The van der Waals surface area contributed by atoms with Crippen molar-refractivity contribution in [2.75, 3.05) is 19.6 Å². The molecule has 2 aromatic carbocycles. The number of sulfonamides is 1. The number of carbonyl (C=O) groups is 1. The molecule has 0 saturated carbocycles. The van der Waals surface area contributed by atoms with Gasteiger partial charge in [0.25, 0.3) is 10.0 Å². The van der Waals surface area contributed by atoms with Crippen molar-refractivity contribution in [3.05, 3.63) is 63.8 Å². The summed E-state index contributed by atoms with van der Waals surface area (Å²) in [5, 5.41) is 11.6. The average molecular weight is 446 g/mol. The van der Waals surface area contributed by atoms with E-state index in [9.17, 15) is 23.3 Å². The number of hydrogen-bond donors (Lipinski definition) is 2. The molecule has 3 aromatic rings. The number of ether oxygens (including phenoxy) is 2. The van der Waals surface area contributed by atoms with E-state index in [2.05, 4.69) is 15.2 Å². The molecule has 3 rings (SSSR count). The van der Waals surface area contributed by atoms with E-state index in [4.69, 9.17) is 9.47 Å². The number of carbonyl (C=O) groups excluding carboxylic acids is 1. The molecule has 0 aliphatic heterocycles. The highest BCUT2D eigenvalue weighted by atomic mass is 32.2. The smallest absolute Gasteiger partial charge is 0.341 e. The molecule has 0 fully saturated rings. The Kier molecular flexibility index (Phi) is 6.04. The molecule has 12 heteroatoms. The van der Waals surface area contributed by atoms with Gasteiger partial charge in [0.05, 0.1) is 29.6 Å². The Bertz CT molecular complexity index is 1270. The Morgan fingerprint density at radius 1 is 1.16 bits per heavy atom. The molecule has 31 heavy (non-hydrogen) atoms. The normalized spacial score (nSPS) is 11.2. The fraction of sp³-hybridized carbons (Fsp3) is 0.158. The third kappa shape index (κ3) is 4.39. The van der Waals surface area contributed by atoms with Gasteiger partial charge in [-0.05, 0) is 25.1 Å². The quantitative estimate of drug-likeness (QED) is 0.317. The van der Waals surface area contributed by atoms with Crippen molar-refractivity contribution in [3.8, 4) is 5.75 Å². The number of fused-ring (bicyclic) bond motifs is 1. The van der Waals surface area contributed by atoms with Gasteiger partial charge in [0, 0.05) is 11.5 Å². The summed E-state index contributed by atoms with van der Waals surface area (Å²) in [6.45, 7) is 1.81. The van der Waals surface area contributed by atoms with Gasteiger partial charge in [0.1, 0.15) is 23.2 Å². The number of hydrazine groups is 1. The molecule has 0 atom stereocenters. The number of nitro groups is 1. The maximum absolute atomic E-state index is 12.6. The summed E-state index contributed by atoms with van der Waals surface area (Å²) in [5.74, 6) is -0.594. The van der Waals surface area contributed by atoms with E-state index < -0.39 is 26.6 Å². The minimum Gasteiger partial charge on any atom is -0.496 e. The molecule has 11 nitrogen and oxygen atoms in total. The van der Waals surface area contributed by atoms with Crippen molar-refractivity contribution in [1.29, 1.82) is 0 Å². The molecule has 1 heterocycles. The molecular formula is C19H18N4O7S. The van der Waals surface area contributed by atoms with E-state index in [0.717, 1.165) is 11.8 Å². The van der Waals surface area contributed by atoms with E-state index in [0.29, 0.717) is 0 Å². The highest BCUT2D eigenvalue weighted by Crippen LogP contribution is 2.35. The zero-order valence-electron chi connectivity index (χ0n) is 16.7. The molecular weight excluding hydrogens is 428 g/mol. The highest BCUT2D eigenvalue weighted by Gasteiger charge is 2.24. The Morgan fingerprint density at radius 3 is 2.42 bits per heavy atom. The minimum atomic E-state index is -4.05. The fourth-order valence-electron chi connectivity index (χ4n) is 2.81. The zero-order chi connectivity index (χ0) is 22.8. The Balaban J connectivity index is 2.12. The second kappa shape index (κ2) is 8.53. The van der Waals surface area contributed by atoms with Gasteiger partial charge >= 0.3 is 11.7 Å². The summed E-state index contributed by atoms with van der Waals surface area (Å²) in [5.41, 5.74) is 2.79. The van der Waals surface area contributed by atoms with E-state index in [1.165, 1.54) is 38.5 Å². The first-order valence-corrected chi connectivity index (χ1v) is 10.2. The topological polar surface area (TPSA) is 150 Å². The molecule has 0 unspecified atom stereocenters. The number of nitrogens with zero attached hydrogens (tertiary/aromatic N) is 2. The number of anilines is 1. The predicted molar refractivity (Wildman–Crippen MR) is 111 cm³/mol. The lowest BCUT2D eigenvalue weighted by atomic mass is 10.1. The fourth-order valence-corrected chi connectivity index (χ4v) is 3.66. The lowest BCUT2D eigenvalue weighted by molar-refractivity contribution is -0.384. The molecule has 0 aliphatic carbocycles. The van der Waals surface area contributed by atoms with Crippen LogP contribution in [0.2, 0.25) is 0 Å². The average Bonchev–Trinajstić information content (AvgIpc) is 2.75. The first-order chi connectivity index (χ1) is 14.7. The molecule has 162 valence electrons. The molecule has 0 bridgehead atoms. The van der Waals surface area contributed by atoms with E-state index in [1.54, 1.807) is 12.1 Å². The van der Waals surface area contributed by atoms with E-state index >= 15 is 0 Å². The molecule has 0 saturated heterocycles. The van der Waals surface area contributed by atoms with Crippen LogP contribution in [0, 0.1) is 17.0 Å². The molecule has 1 aromatic heterocycles. The van der Waals surface area contributed by atoms with Crippen molar-refractivity contribution in [2.45, 2.75) is 11.8 Å². The summed E-state index contributed by atoms with van der Waals surface area (Å²) in [4.78, 5) is 29.0. The van der Waals surface area contributed by atoms with Crippen LogP contribution in [0.5, 0.6) is 5.75 Å². The van der Waals surface area contributed by atoms with Crippen LogP contribution in [0.15, 0.2) is 47.5 Å². The van der Waals surface area contributed by atoms with Crippen LogP contribution in [-0.4, -0.2) is 38.5 Å². The number of aryl methyl sites for hydroxylation is 1. The van der Waals surface area contributed by atoms with Crippen LogP contribution in [0.1, 0.15) is 15.9 Å². The van der Waals surface area contributed by atoms with E-state index in [-0.39, 0.29) is 32.8 Å². The second-order valence-electron chi connectivity index (χ2n) is 6.38. The number of benzene rings is 2. The summed E-state index contributed by atoms with van der Waals surface area (Å²) in [6, 6.07) is 8.71. The van der Waals surface area contributed by atoms with Gasteiger partial charge in [0.2, 0.25) is 0 Å². The largest absolute Gasteiger partial charge is 0.496 e. The van der Waals surface area contributed by atoms with Crippen molar-refractivity contribution in [3.63, 3.8) is 0 Å². The van der Waals surface area contributed by atoms with Crippen LogP contribution in [-0.2, 0) is 14.8 Å². The Morgan fingerprint density at radius 2 is 1.84 bits per heavy atom. The zero-order valence-corrected chi connectivity index (χ0v) is 17.5. The molecule has 0 spiro atoms. The van der Waals surface area contributed by atoms with Gasteiger partial charge in [0.15, 0.2) is 0 Å². The maximum atomic E-state index is 12.6. The molecule has 0 aliphatic rings. The van der Waals surface area contributed by atoms with Crippen molar-refractivity contribution in [2.24, 2.45) is 0 Å². The number of pyridine rings is 1. The number of rotatable bonds is 7. The van der Waals surface area contributed by atoms with Gasteiger partial charge in [-0.1, -0.05) is 17.7 Å². The minimum absolute atomic E-state index is 0.00996. The predicted octanol–water partition coefficient (Wildman–Crippen LogP) is 2.55. The van der Waals surface area contributed by atoms with Crippen LogP contribution < -0.4 is 15.0 Å². The third-order valence-corrected chi connectivity index (χ3v) is 5.68.